The number of carbonyl (C=O) groups excluding carboxylic acids is 1. The van der Waals surface area contributed by atoms with Crippen LogP contribution < -0.4 is 0 Å². The Morgan fingerprint density at radius 2 is 1.53 bits per heavy atom. The van der Waals surface area contributed by atoms with Gasteiger partial charge < -0.3 is 14.6 Å². The number of carboxylic acids is 1. The molecule has 1 aliphatic rings. The summed E-state index contributed by atoms with van der Waals surface area (Å²) < 4.78 is 11.0. The van der Waals surface area contributed by atoms with Gasteiger partial charge in [-0.25, -0.2) is 9.59 Å². The van der Waals surface area contributed by atoms with Gasteiger partial charge in [0.05, 0.1) is 6.10 Å². The lowest BCUT2D eigenvalue weighted by Gasteiger charge is -2.42. The van der Waals surface area contributed by atoms with E-state index in [-0.39, 0.29) is 18.6 Å². The number of carboxylic acid groups (broad SMARTS) is 1. The van der Waals surface area contributed by atoms with E-state index in [2.05, 4.69) is 12.1 Å². The lowest BCUT2D eigenvalue weighted by Crippen LogP contribution is -2.63. The van der Waals surface area contributed by atoms with E-state index >= 15 is 0 Å². The van der Waals surface area contributed by atoms with Gasteiger partial charge in [0.15, 0.2) is 5.54 Å². The van der Waals surface area contributed by atoms with Gasteiger partial charge in [-0.2, -0.15) is 0 Å². The lowest BCUT2D eigenvalue weighted by molar-refractivity contribution is -0.160. The monoisotopic (exact) mass is 411 g/mol. The van der Waals surface area contributed by atoms with Gasteiger partial charge in [0.25, 0.3) is 0 Å². The first-order valence-corrected chi connectivity index (χ1v) is 10.1. The van der Waals surface area contributed by atoms with Crippen LogP contribution in [0.2, 0.25) is 0 Å². The summed E-state index contributed by atoms with van der Waals surface area (Å²) >= 11 is 0. The number of hydrogen-bond donors (Lipinski definition) is 1. The molecule has 0 spiro atoms. The van der Waals surface area contributed by atoms with Crippen LogP contribution in [0.1, 0.15) is 44.7 Å². The van der Waals surface area contributed by atoms with E-state index in [1.807, 2.05) is 36.4 Å². The number of amides is 1. The van der Waals surface area contributed by atoms with E-state index in [4.69, 9.17) is 9.47 Å². The summed E-state index contributed by atoms with van der Waals surface area (Å²) in [5, 5.41) is 9.91. The Balaban J connectivity index is 1.87. The normalized spacial score (nSPS) is 15.8. The number of methoxy groups -OCH3 is 1. The van der Waals surface area contributed by atoms with E-state index in [0.29, 0.717) is 0 Å². The van der Waals surface area contributed by atoms with Crippen molar-refractivity contribution in [2.75, 3.05) is 13.7 Å². The van der Waals surface area contributed by atoms with Crippen LogP contribution in [0.4, 0.5) is 4.79 Å². The molecule has 0 saturated carbocycles. The van der Waals surface area contributed by atoms with Gasteiger partial charge in [-0.1, -0.05) is 48.5 Å². The van der Waals surface area contributed by atoms with Gasteiger partial charge in [-0.05, 0) is 49.9 Å². The van der Waals surface area contributed by atoms with Crippen molar-refractivity contribution >= 4 is 12.1 Å². The zero-order valence-corrected chi connectivity index (χ0v) is 18.1. The summed E-state index contributed by atoms with van der Waals surface area (Å²) in [5.74, 6) is -1.23. The Morgan fingerprint density at radius 3 is 1.97 bits per heavy atom. The van der Waals surface area contributed by atoms with Crippen molar-refractivity contribution in [3.8, 4) is 11.1 Å². The van der Waals surface area contributed by atoms with Crippen molar-refractivity contribution in [1.29, 1.82) is 0 Å². The molecule has 6 nitrogen and oxygen atoms in total. The molecule has 1 amide bonds. The number of rotatable bonds is 7. The molecule has 3 rings (SSSR count). The smallest absolute Gasteiger partial charge is 0.411 e. The molecule has 2 aromatic carbocycles. The highest BCUT2D eigenvalue weighted by Crippen LogP contribution is 2.44. The zero-order valence-electron chi connectivity index (χ0n) is 18.1. The summed E-state index contributed by atoms with van der Waals surface area (Å²) in [7, 11) is 1.43. The molecule has 6 heteroatoms. The molecule has 0 bridgehead atoms. The Morgan fingerprint density at radius 1 is 1.03 bits per heavy atom. The number of hydrogen-bond acceptors (Lipinski definition) is 4. The number of aliphatic carboxylic acids is 1. The van der Waals surface area contributed by atoms with Gasteiger partial charge in [0.2, 0.25) is 0 Å². The topological polar surface area (TPSA) is 76.1 Å². The summed E-state index contributed by atoms with van der Waals surface area (Å²) in [6.07, 6.45) is -1.39. The second kappa shape index (κ2) is 8.48. The van der Waals surface area contributed by atoms with Crippen LogP contribution in [0.3, 0.4) is 0 Å². The first-order chi connectivity index (χ1) is 14.2. The maximum Gasteiger partial charge on any atom is 0.411 e. The summed E-state index contributed by atoms with van der Waals surface area (Å²) in [4.78, 5) is 26.5. The first kappa shape index (κ1) is 21.8. The van der Waals surface area contributed by atoms with Gasteiger partial charge in [0, 0.05) is 19.1 Å². The van der Waals surface area contributed by atoms with Crippen molar-refractivity contribution in [3.63, 3.8) is 0 Å². The van der Waals surface area contributed by atoms with Crippen LogP contribution in [0.15, 0.2) is 48.5 Å². The van der Waals surface area contributed by atoms with Gasteiger partial charge in [-0.3, -0.25) is 4.90 Å². The second-order valence-corrected chi connectivity index (χ2v) is 8.10. The van der Waals surface area contributed by atoms with E-state index in [1.54, 1.807) is 20.8 Å². The molecule has 1 N–H and O–H groups in total. The molecule has 30 heavy (non-hydrogen) atoms. The van der Waals surface area contributed by atoms with Crippen molar-refractivity contribution < 1.29 is 24.2 Å². The molecule has 160 valence electrons. The van der Waals surface area contributed by atoms with Crippen molar-refractivity contribution in [3.05, 3.63) is 59.7 Å². The fourth-order valence-electron chi connectivity index (χ4n) is 4.30. The fourth-order valence-corrected chi connectivity index (χ4v) is 4.30. The Labute approximate surface area is 177 Å². The molecule has 1 aliphatic carbocycles. The van der Waals surface area contributed by atoms with E-state index in [1.165, 1.54) is 18.9 Å². The van der Waals surface area contributed by atoms with Crippen LogP contribution in [0, 0.1) is 0 Å². The Hall–Kier alpha value is -2.86. The summed E-state index contributed by atoms with van der Waals surface area (Å²) in [6, 6.07) is 15.8. The average molecular weight is 411 g/mol. The SMILES string of the molecule is COC(C)C(C)(C(=O)O)N(C(=O)OCC1c2ccccc2-c2ccccc21)C(C)C. The first-order valence-electron chi connectivity index (χ1n) is 10.1. The van der Waals surface area contributed by atoms with Crippen molar-refractivity contribution in [1.82, 2.24) is 4.90 Å². The third-order valence-corrected chi connectivity index (χ3v) is 6.13. The molecule has 0 heterocycles. The van der Waals surface area contributed by atoms with Gasteiger partial charge in [-0.15, -0.1) is 0 Å². The minimum Gasteiger partial charge on any atom is -0.479 e. The predicted octanol–water partition coefficient (Wildman–Crippen LogP) is 4.52. The fraction of sp³-hybridized carbons (Fsp3) is 0.417. The van der Waals surface area contributed by atoms with E-state index in [0.717, 1.165) is 22.3 Å². The summed E-state index contributed by atoms with van der Waals surface area (Å²) in [6.45, 7) is 6.80. The molecular weight excluding hydrogens is 382 g/mol. The molecule has 0 aromatic heterocycles. The lowest BCUT2D eigenvalue weighted by atomic mass is 9.92. The quantitative estimate of drug-likeness (QED) is 0.725. The van der Waals surface area contributed by atoms with Crippen LogP contribution in [-0.2, 0) is 14.3 Å². The Bertz CT molecular complexity index is 895. The standard InChI is InChI=1S/C24H29NO5/c1-15(2)25(24(4,22(26)27)16(3)29-5)23(28)30-14-21-19-12-8-6-10-17(19)18-11-7-9-13-20(18)21/h6-13,15-16,21H,14H2,1-5H3,(H,26,27). The van der Waals surface area contributed by atoms with Crippen LogP contribution >= 0.6 is 0 Å². The van der Waals surface area contributed by atoms with Crippen LogP contribution in [0.5, 0.6) is 0 Å². The number of carbonyl (C=O) groups is 2. The molecule has 0 aliphatic heterocycles. The number of ether oxygens (including phenoxy) is 2. The van der Waals surface area contributed by atoms with Crippen LogP contribution in [0.25, 0.3) is 11.1 Å². The molecule has 2 aromatic rings. The predicted molar refractivity (Wildman–Crippen MR) is 115 cm³/mol. The maximum absolute atomic E-state index is 13.1. The number of nitrogens with zero attached hydrogens (tertiary/aromatic N) is 1. The number of benzene rings is 2. The molecule has 0 radical (unpaired) electrons. The number of fused-ring (bicyclic) bond motifs is 3. The second-order valence-electron chi connectivity index (χ2n) is 8.10. The minimum absolute atomic E-state index is 0.0914. The minimum atomic E-state index is -1.56. The van der Waals surface area contributed by atoms with Crippen molar-refractivity contribution in [2.24, 2.45) is 0 Å². The average Bonchev–Trinajstić information content (AvgIpc) is 3.05. The largest absolute Gasteiger partial charge is 0.479 e. The maximum atomic E-state index is 13.1. The highest BCUT2D eigenvalue weighted by atomic mass is 16.6. The molecule has 2 unspecified atom stereocenters. The third-order valence-electron chi connectivity index (χ3n) is 6.13. The van der Waals surface area contributed by atoms with Crippen LogP contribution in [-0.4, -0.2) is 53.5 Å². The highest BCUT2D eigenvalue weighted by Gasteiger charge is 2.49. The zero-order chi connectivity index (χ0) is 22.1. The molecule has 0 fully saturated rings. The third kappa shape index (κ3) is 3.56. The summed E-state index contributed by atoms with van der Waals surface area (Å²) in [5.41, 5.74) is 2.92. The molecule has 0 saturated heterocycles. The van der Waals surface area contributed by atoms with Gasteiger partial charge in [0.1, 0.15) is 6.61 Å². The van der Waals surface area contributed by atoms with Gasteiger partial charge >= 0.3 is 12.1 Å². The van der Waals surface area contributed by atoms with Crippen molar-refractivity contribution in [2.45, 2.75) is 51.3 Å². The molecular formula is C24H29NO5. The molecule has 2 atom stereocenters. The van der Waals surface area contributed by atoms with E-state index < -0.39 is 23.7 Å². The Kier molecular flexibility index (Phi) is 6.17. The van der Waals surface area contributed by atoms with E-state index in [9.17, 15) is 14.7 Å². The highest BCUT2D eigenvalue weighted by molar-refractivity contribution is 5.85.